The molecular formula is C13H18ClFN2. The van der Waals surface area contributed by atoms with Crippen LogP contribution in [0.4, 0.5) is 4.39 Å². The highest BCUT2D eigenvalue weighted by molar-refractivity contribution is 6.30. The van der Waals surface area contributed by atoms with Crippen LogP contribution in [0.15, 0.2) is 18.2 Å². The molecule has 0 saturated heterocycles. The van der Waals surface area contributed by atoms with Crippen molar-refractivity contribution in [2.45, 2.75) is 25.3 Å². The molecule has 2 rings (SSSR count). The summed E-state index contributed by atoms with van der Waals surface area (Å²) in [6.07, 6.45) is 3.92. The molecule has 17 heavy (non-hydrogen) atoms. The van der Waals surface area contributed by atoms with E-state index in [0.29, 0.717) is 6.54 Å². The summed E-state index contributed by atoms with van der Waals surface area (Å²) >= 11 is 5.77. The predicted octanol–water partition coefficient (Wildman–Crippen LogP) is 2.87. The summed E-state index contributed by atoms with van der Waals surface area (Å²) in [6.45, 7) is 1.45. The van der Waals surface area contributed by atoms with Gasteiger partial charge in [-0.05, 0) is 36.6 Å². The number of hydrogen-bond acceptors (Lipinski definition) is 2. The fourth-order valence-corrected chi connectivity index (χ4v) is 2.12. The standard InChI is InChI=1S/C13H18ClFN2/c14-11-7-10(3-4-12(11)15)13(8-16)17-6-5-9-1-2-9/h3-4,7,9,13,17H,1-2,5-6,8,16H2. The third-order valence-corrected chi connectivity index (χ3v) is 3.51. The van der Waals surface area contributed by atoms with Crippen LogP contribution in [0.3, 0.4) is 0 Å². The molecule has 1 saturated carbocycles. The molecule has 1 aliphatic rings. The van der Waals surface area contributed by atoms with Crippen molar-refractivity contribution < 1.29 is 4.39 Å². The monoisotopic (exact) mass is 256 g/mol. The van der Waals surface area contributed by atoms with E-state index in [9.17, 15) is 4.39 Å². The largest absolute Gasteiger partial charge is 0.329 e. The molecule has 2 nitrogen and oxygen atoms in total. The lowest BCUT2D eigenvalue weighted by Gasteiger charge is -2.17. The van der Waals surface area contributed by atoms with Crippen LogP contribution >= 0.6 is 11.6 Å². The minimum atomic E-state index is -0.385. The molecule has 4 heteroatoms. The molecule has 1 aliphatic carbocycles. The van der Waals surface area contributed by atoms with E-state index in [-0.39, 0.29) is 16.9 Å². The molecule has 1 atom stereocenters. The van der Waals surface area contributed by atoms with Crippen LogP contribution in [-0.2, 0) is 0 Å². The van der Waals surface area contributed by atoms with E-state index in [1.807, 2.05) is 0 Å². The molecule has 0 bridgehead atoms. The topological polar surface area (TPSA) is 38.0 Å². The lowest BCUT2D eigenvalue weighted by molar-refractivity contribution is 0.515. The van der Waals surface area contributed by atoms with Crippen molar-refractivity contribution in [1.29, 1.82) is 0 Å². The number of rotatable bonds is 6. The van der Waals surface area contributed by atoms with Crippen molar-refractivity contribution >= 4 is 11.6 Å². The fraction of sp³-hybridized carbons (Fsp3) is 0.538. The highest BCUT2D eigenvalue weighted by Gasteiger charge is 2.21. The molecule has 0 aliphatic heterocycles. The first-order valence-corrected chi connectivity index (χ1v) is 6.47. The van der Waals surface area contributed by atoms with Crippen molar-refractivity contribution in [1.82, 2.24) is 5.32 Å². The molecule has 1 unspecified atom stereocenters. The van der Waals surface area contributed by atoms with E-state index < -0.39 is 0 Å². The summed E-state index contributed by atoms with van der Waals surface area (Å²) < 4.78 is 13.0. The van der Waals surface area contributed by atoms with E-state index in [1.165, 1.54) is 25.3 Å². The van der Waals surface area contributed by atoms with Gasteiger partial charge in [-0.25, -0.2) is 4.39 Å². The maximum Gasteiger partial charge on any atom is 0.141 e. The zero-order valence-electron chi connectivity index (χ0n) is 9.76. The molecular weight excluding hydrogens is 239 g/mol. The molecule has 3 N–H and O–H groups in total. The molecule has 0 amide bonds. The summed E-state index contributed by atoms with van der Waals surface area (Å²) in [4.78, 5) is 0. The van der Waals surface area contributed by atoms with Crippen LogP contribution in [0.2, 0.25) is 5.02 Å². The summed E-state index contributed by atoms with van der Waals surface area (Å²) in [5.41, 5.74) is 6.68. The minimum Gasteiger partial charge on any atom is -0.329 e. The zero-order valence-corrected chi connectivity index (χ0v) is 10.5. The van der Waals surface area contributed by atoms with Gasteiger partial charge in [-0.15, -0.1) is 0 Å². The first kappa shape index (κ1) is 12.8. The maximum absolute atomic E-state index is 13.0. The summed E-state index contributed by atoms with van der Waals surface area (Å²) in [6, 6.07) is 4.84. The first-order valence-electron chi connectivity index (χ1n) is 6.09. The van der Waals surface area contributed by atoms with Gasteiger partial charge in [0.25, 0.3) is 0 Å². The van der Waals surface area contributed by atoms with Gasteiger partial charge in [0, 0.05) is 12.6 Å². The van der Waals surface area contributed by atoms with Crippen molar-refractivity contribution in [2.75, 3.05) is 13.1 Å². The van der Waals surface area contributed by atoms with E-state index in [2.05, 4.69) is 5.32 Å². The van der Waals surface area contributed by atoms with Crippen molar-refractivity contribution in [3.63, 3.8) is 0 Å². The fourth-order valence-electron chi connectivity index (χ4n) is 1.93. The van der Waals surface area contributed by atoms with E-state index in [4.69, 9.17) is 17.3 Å². The van der Waals surface area contributed by atoms with Gasteiger partial charge in [0.1, 0.15) is 5.82 Å². The maximum atomic E-state index is 13.0. The highest BCUT2D eigenvalue weighted by atomic mass is 35.5. The lowest BCUT2D eigenvalue weighted by atomic mass is 10.1. The van der Waals surface area contributed by atoms with Crippen molar-refractivity contribution in [3.05, 3.63) is 34.6 Å². The minimum absolute atomic E-state index is 0.0619. The van der Waals surface area contributed by atoms with Crippen LogP contribution in [0, 0.1) is 11.7 Å². The average Bonchev–Trinajstić information content (AvgIpc) is 3.12. The van der Waals surface area contributed by atoms with Crippen LogP contribution in [0.25, 0.3) is 0 Å². The number of hydrogen-bond donors (Lipinski definition) is 2. The lowest BCUT2D eigenvalue weighted by Crippen LogP contribution is -2.29. The Morgan fingerprint density at radius 2 is 2.24 bits per heavy atom. The second-order valence-corrected chi connectivity index (χ2v) is 5.06. The van der Waals surface area contributed by atoms with Crippen LogP contribution < -0.4 is 11.1 Å². The van der Waals surface area contributed by atoms with Crippen molar-refractivity contribution in [2.24, 2.45) is 11.7 Å². The number of halogens is 2. The van der Waals surface area contributed by atoms with Gasteiger partial charge in [-0.1, -0.05) is 30.5 Å². The first-order chi connectivity index (χ1) is 8.20. The van der Waals surface area contributed by atoms with Gasteiger partial charge < -0.3 is 11.1 Å². The third-order valence-electron chi connectivity index (χ3n) is 3.22. The molecule has 1 fully saturated rings. The Labute approximate surface area is 106 Å². The Hall–Kier alpha value is -0.640. The summed E-state index contributed by atoms with van der Waals surface area (Å²) in [5.74, 6) is 0.516. The van der Waals surface area contributed by atoms with Crippen LogP contribution in [-0.4, -0.2) is 13.1 Å². The van der Waals surface area contributed by atoms with Gasteiger partial charge in [0.2, 0.25) is 0 Å². The number of benzene rings is 1. The molecule has 0 aromatic heterocycles. The molecule has 1 aromatic rings. The van der Waals surface area contributed by atoms with E-state index >= 15 is 0 Å². The quantitative estimate of drug-likeness (QED) is 0.821. The summed E-state index contributed by atoms with van der Waals surface area (Å²) in [5, 5.41) is 3.55. The molecule has 94 valence electrons. The Kier molecular flexibility index (Phi) is 4.37. The second kappa shape index (κ2) is 5.80. The highest BCUT2D eigenvalue weighted by Crippen LogP contribution is 2.32. The molecule has 0 heterocycles. The Bertz CT molecular complexity index is 380. The smallest absolute Gasteiger partial charge is 0.141 e. The predicted molar refractivity (Wildman–Crippen MR) is 68.5 cm³/mol. The van der Waals surface area contributed by atoms with Gasteiger partial charge >= 0.3 is 0 Å². The SMILES string of the molecule is NCC(NCCC1CC1)c1ccc(F)c(Cl)c1. The van der Waals surface area contributed by atoms with Crippen molar-refractivity contribution in [3.8, 4) is 0 Å². The Morgan fingerprint density at radius 1 is 1.47 bits per heavy atom. The third kappa shape index (κ3) is 3.66. The zero-order chi connectivity index (χ0) is 12.3. The van der Waals surface area contributed by atoms with E-state index in [0.717, 1.165) is 18.0 Å². The van der Waals surface area contributed by atoms with E-state index in [1.54, 1.807) is 12.1 Å². The normalized spacial score (nSPS) is 17.1. The van der Waals surface area contributed by atoms with Gasteiger partial charge in [0.15, 0.2) is 0 Å². The van der Waals surface area contributed by atoms with Gasteiger partial charge in [0.05, 0.1) is 5.02 Å². The molecule has 1 aromatic carbocycles. The molecule has 0 radical (unpaired) electrons. The van der Waals surface area contributed by atoms with Gasteiger partial charge in [-0.2, -0.15) is 0 Å². The second-order valence-electron chi connectivity index (χ2n) is 4.65. The summed E-state index contributed by atoms with van der Waals surface area (Å²) in [7, 11) is 0. The number of nitrogens with two attached hydrogens (primary N) is 1. The van der Waals surface area contributed by atoms with Crippen LogP contribution in [0.1, 0.15) is 30.9 Å². The van der Waals surface area contributed by atoms with Gasteiger partial charge in [-0.3, -0.25) is 0 Å². The van der Waals surface area contributed by atoms with Crippen LogP contribution in [0.5, 0.6) is 0 Å². The average molecular weight is 257 g/mol. The Balaban J connectivity index is 1.92. The molecule has 0 spiro atoms. The Morgan fingerprint density at radius 3 is 2.82 bits per heavy atom. The number of nitrogens with one attached hydrogen (secondary N) is 1.